The number of thioether (sulfide) groups is 1. The van der Waals surface area contributed by atoms with Gasteiger partial charge in [-0.15, -0.1) is 23.1 Å². The van der Waals surface area contributed by atoms with Gasteiger partial charge < -0.3 is 4.98 Å². The summed E-state index contributed by atoms with van der Waals surface area (Å²) in [6.07, 6.45) is 2.90. The van der Waals surface area contributed by atoms with Crippen LogP contribution in [0.5, 0.6) is 0 Å². The van der Waals surface area contributed by atoms with Crippen LogP contribution >= 0.6 is 23.1 Å². The number of aromatic amines is 1. The SMILES string of the molecule is CSc1ccc(CN2CCc3nc(-c4cccs4)[nH]c(=O)c3C2)cc1. The maximum atomic E-state index is 12.5. The van der Waals surface area contributed by atoms with Gasteiger partial charge in [0.2, 0.25) is 0 Å². The van der Waals surface area contributed by atoms with Crippen LogP contribution in [-0.4, -0.2) is 27.7 Å². The minimum absolute atomic E-state index is 0.00386. The summed E-state index contributed by atoms with van der Waals surface area (Å²) in [5, 5.41) is 2.00. The van der Waals surface area contributed by atoms with Gasteiger partial charge in [0.15, 0.2) is 5.82 Å². The number of benzene rings is 1. The largest absolute Gasteiger partial charge is 0.306 e. The molecule has 1 N–H and O–H groups in total. The number of fused-ring (bicyclic) bond motifs is 1. The van der Waals surface area contributed by atoms with Gasteiger partial charge in [0.25, 0.3) is 5.56 Å². The van der Waals surface area contributed by atoms with Gasteiger partial charge in [0.1, 0.15) is 0 Å². The van der Waals surface area contributed by atoms with Gasteiger partial charge in [-0.2, -0.15) is 0 Å². The molecule has 128 valence electrons. The lowest BCUT2D eigenvalue weighted by molar-refractivity contribution is 0.242. The number of H-pyrrole nitrogens is 1. The predicted molar refractivity (Wildman–Crippen MR) is 104 cm³/mol. The Bertz CT molecular complexity index is 917. The maximum Gasteiger partial charge on any atom is 0.255 e. The van der Waals surface area contributed by atoms with Crippen LogP contribution in [0.4, 0.5) is 0 Å². The van der Waals surface area contributed by atoms with E-state index in [1.807, 2.05) is 17.5 Å². The van der Waals surface area contributed by atoms with Crippen molar-refractivity contribution in [3.05, 3.63) is 69.0 Å². The second kappa shape index (κ2) is 7.15. The summed E-state index contributed by atoms with van der Waals surface area (Å²) in [5.41, 5.74) is 3.03. The molecule has 6 heteroatoms. The fourth-order valence-electron chi connectivity index (χ4n) is 3.14. The van der Waals surface area contributed by atoms with Crippen molar-refractivity contribution in [3.8, 4) is 10.7 Å². The number of hydrogen-bond donors (Lipinski definition) is 1. The Morgan fingerprint density at radius 3 is 2.84 bits per heavy atom. The van der Waals surface area contributed by atoms with Crippen molar-refractivity contribution in [2.24, 2.45) is 0 Å². The topological polar surface area (TPSA) is 49.0 Å². The fraction of sp³-hybridized carbons (Fsp3) is 0.263. The molecular weight excluding hydrogens is 350 g/mol. The molecule has 0 saturated heterocycles. The van der Waals surface area contributed by atoms with Crippen LogP contribution in [0.3, 0.4) is 0 Å². The predicted octanol–water partition coefficient (Wildman–Crippen LogP) is 3.78. The smallest absolute Gasteiger partial charge is 0.255 e. The van der Waals surface area contributed by atoms with Crippen molar-refractivity contribution in [2.75, 3.05) is 12.8 Å². The van der Waals surface area contributed by atoms with Crippen LogP contribution in [-0.2, 0) is 19.5 Å². The molecule has 0 fully saturated rings. The van der Waals surface area contributed by atoms with E-state index in [0.29, 0.717) is 12.4 Å². The number of aromatic nitrogens is 2. The number of thiophene rings is 1. The Kier molecular flexibility index (Phi) is 4.74. The van der Waals surface area contributed by atoms with Crippen LogP contribution in [0.1, 0.15) is 16.8 Å². The lowest BCUT2D eigenvalue weighted by atomic mass is 10.1. The average molecular weight is 370 g/mol. The van der Waals surface area contributed by atoms with E-state index >= 15 is 0 Å². The molecule has 0 amide bonds. The molecule has 1 aromatic carbocycles. The second-order valence-corrected chi connectivity index (χ2v) is 7.95. The number of nitrogens with one attached hydrogen (secondary N) is 1. The van der Waals surface area contributed by atoms with Crippen molar-refractivity contribution in [2.45, 2.75) is 24.4 Å². The highest BCUT2D eigenvalue weighted by molar-refractivity contribution is 7.98. The van der Waals surface area contributed by atoms with Crippen LogP contribution in [0.25, 0.3) is 10.7 Å². The van der Waals surface area contributed by atoms with Crippen molar-refractivity contribution >= 4 is 23.1 Å². The van der Waals surface area contributed by atoms with Crippen LogP contribution in [0, 0.1) is 0 Å². The first kappa shape index (κ1) is 16.6. The zero-order valence-electron chi connectivity index (χ0n) is 14.0. The standard InChI is InChI=1S/C19H19N3OS2/c1-24-14-6-4-13(5-7-14)11-22-9-8-16-15(12-22)19(23)21-18(20-16)17-3-2-10-25-17/h2-7,10H,8-9,11-12H2,1H3,(H,20,21,23). The molecule has 1 aliphatic heterocycles. The minimum atomic E-state index is -0.00386. The summed E-state index contributed by atoms with van der Waals surface area (Å²) >= 11 is 3.35. The van der Waals surface area contributed by atoms with Crippen molar-refractivity contribution in [1.82, 2.24) is 14.9 Å². The Morgan fingerprint density at radius 2 is 2.12 bits per heavy atom. The first-order valence-corrected chi connectivity index (χ1v) is 10.3. The van der Waals surface area contributed by atoms with Gasteiger partial charge in [-0.3, -0.25) is 9.69 Å². The zero-order valence-corrected chi connectivity index (χ0v) is 15.6. The quantitative estimate of drug-likeness (QED) is 0.711. The molecule has 0 unspecified atom stereocenters. The van der Waals surface area contributed by atoms with Crippen LogP contribution < -0.4 is 5.56 Å². The van der Waals surface area contributed by atoms with Crippen molar-refractivity contribution in [3.63, 3.8) is 0 Å². The van der Waals surface area contributed by atoms with E-state index in [-0.39, 0.29) is 5.56 Å². The Labute approximate surface area is 154 Å². The molecule has 3 aromatic rings. The van der Waals surface area contributed by atoms with E-state index in [9.17, 15) is 4.79 Å². The summed E-state index contributed by atoms with van der Waals surface area (Å²) < 4.78 is 0. The van der Waals surface area contributed by atoms with Gasteiger partial charge >= 0.3 is 0 Å². The lowest BCUT2D eigenvalue weighted by Crippen LogP contribution is -2.35. The highest BCUT2D eigenvalue weighted by Crippen LogP contribution is 2.23. The Balaban J connectivity index is 1.54. The minimum Gasteiger partial charge on any atom is -0.306 e. The Morgan fingerprint density at radius 1 is 1.28 bits per heavy atom. The highest BCUT2D eigenvalue weighted by Gasteiger charge is 2.21. The normalized spacial score (nSPS) is 14.4. The van der Waals surface area contributed by atoms with E-state index in [4.69, 9.17) is 4.98 Å². The molecule has 0 spiro atoms. The summed E-state index contributed by atoms with van der Waals surface area (Å²) in [6, 6.07) is 12.6. The molecule has 0 radical (unpaired) electrons. The summed E-state index contributed by atoms with van der Waals surface area (Å²) in [6.45, 7) is 2.45. The van der Waals surface area contributed by atoms with Crippen molar-refractivity contribution in [1.29, 1.82) is 0 Å². The molecule has 2 aromatic heterocycles. The van der Waals surface area contributed by atoms with Gasteiger partial charge in [-0.1, -0.05) is 18.2 Å². The molecule has 0 atom stereocenters. The molecule has 1 aliphatic rings. The third kappa shape index (κ3) is 3.56. The molecule has 0 bridgehead atoms. The van der Waals surface area contributed by atoms with Crippen LogP contribution in [0.2, 0.25) is 0 Å². The molecule has 4 nitrogen and oxygen atoms in total. The summed E-state index contributed by atoms with van der Waals surface area (Å²) in [5.74, 6) is 0.694. The zero-order chi connectivity index (χ0) is 17.2. The lowest BCUT2D eigenvalue weighted by Gasteiger charge is -2.27. The third-order valence-corrected chi connectivity index (χ3v) is 6.09. The van der Waals surface area contributed by atoms with E-state index in [0.717, 1.165) is 35.6 Å². The monoisotopic (exact) mass is 369 g/mol. The number of rotatable bonds is 4. The summed E-state index contributed by atoms with van der Waals surface area (Å²) in [4.78, 5) is 24.8. The molecule has 3 heterocycles. The van der Waals surface area contributed by atoms with Gasteiger partial charge in [-0.25, -0.2) is 4.98 Å². The molecule has 4 rings (SSSR count). The van der Waals surface area contributed by atoms with Crippen LogP contribution in [0.15, 0.2) is 51.5 Å². The first-order chi connectivity index (χ1) is 12.2. The van der Waals surface area contributed by atoms with Gasteiger partial charge in [0, 0.05) is 31.0 Å². The van der Waals surface area contributed by atoms with E-state index in [1.165, 1.54) is 10.5 Å². The fourth-order valence-corrected chi connectivity index (χ4v) is 4.21. The highest BCUT2D eigenvalue weighted by atomic mass is 32.2. The van der Waals surface area contributed by atoms with Gasteiger partial charge in [-0.05, 0) is 35.4 Å². The van der Waals surface area contributed by atoms with Crippen molar-refractivity contribution < 1.29 is 0 Å². The average Bonchev–Trinajstić information content (AvgIpc) is 3.17. The number of hydrogen-bond acceptors (Lipinski definition) is 5. The molecule has 0 aliphatic carbocycles. The van der Waals surface area contributed by atoms with E-state index in [2.05, 4.69) is 40.4 Å². The van der Waals surface area contributed by atoms with E-state index < -0.39 is 0 Å². The first-order valence-electron chi connectivity index (χ1n) is 8.24. The molecule has 0 saturated carbocycles. The maximum absolute atomic E-state index is 12.5. The number of nitrogens with zero attached hydrogens (tertiary/aromatic N) is 2. The molecule has 25 heavy (non-hydrogen) atoms. The third-order valence-electron chi connectivity index (χ3n) is 4.47. The van der Waals surface area contributed by atoms with E-state index in [1.54, 1.807) is 23.1 Å². The molecular formula is C19H19N3OS2. The Hall–Kier alpha value is -1.89. The van der Waals surface area contributed by atoms with Gasteiger partial charge in [0.05, 0.1) is 16.1 Å². The second-order valence-electron chi connectivity index (χ2n) is 6.13. The summed E-state index contributed by atoms with van der Waals surface area (Å²) in [7, 11) is 0.